The smallest absolute Gasteiger partial charge is 0.332 e. The molecule has 3 rings (SSSR count). The molecule has 0 saturated heterocycles. The molecule has 0 saturated carbocycles. The number of nitrogens with one attached hydrogen (secondary N) is 1. The third kappa shape index (κ3) is 3.23. The largest absolute Gasteiger partial charge is 0.345 e. The van der Waals surface area contributed by atoms with Crippen LogP contribution in [0.3, 0.4) is 0 Å². The van der Waals surface area contributed by atoms with E-state index in [2.05, 4.69) is 10.3 Å². The number of aryl methyl sites for hydroxylation is 1. The minimum absolute atomic E-state index is 0.104. The van der Waals surface area contributed by atoms with E-state index in [1.165, 1.54) is 37.0 Å². The number of carbonyl (C=O) groups excluding carboxylic acids is 1. The summed E-state index contributed by atoms with van der Waals surface area (Å²) < 4.78 is 28.5. The van der Waals surface area contributed by atoms with Gasteiger partial charge in [-0.1, -0.05) is 6.07 Å². The topological polar surface area (TPSA) is 86.0 Å². The van der Waals surface area contributed by atoms with E-state index in [0.717, 1.165) is 16.7 Å². The van der Waals surface area contributed by atoms with Gasteiger partial charge in [0.05, 0.1) is 17.0 Å². The van der Waals surface area contributed by atoms with Gasteiger partial charge in [0.1, 0.15) is 5.65 Å². The van der Waals surface area contributed by atoms with Gasteiger partial charge in [0.15, 0.2) is 11.6 Å². The zero-order valence-corrected chi connectivity index (χ0v) is 14.8. The quantitative estimate of drug-likeness (QED) is 0.751. The van der Waals surface area contributed by atoms with Crippen LogP contribution in [0.15, 0.2) is 40.1 Å². The van der Waals surface area contributed by atoms with Gasteiger partial charge in [0.25, 0.3) is 11.5 Å². The van der Waals surface area contributed by atoms with Crippen molar-refractivity contribution in [3.05, 3.63) is 74.1 Å². The summed E-state index contributed by atoms with van der Waals surface area (Å²) in [5.74, 6) is -2.53. The molecule has 0 bridgehead atoms. The van der Waals surface area contributed by atoms with Crippen molar-refractivity contribution in [2.24, 2.45) is 14.1 Å². The summed E-state index contributed by atoms with van der Waals surface area (Å²) in [5, 5.41) is 2.76. The molecular weight excluding hydrogens is 358 g/mol. The molecular formula is C18H16F2N4O3. The van der Waals surface area contributed by atoms with Gasteiger partial charge in [-0.15, -0.1) is 0 Å². The van der Waals surface area contributed by atoms with Gasteiger partial charge in [0, 0.05) is 20.3 Å². The van der Waals surface area contributed by atoms with Crippen molar-refractivity contribution in [1.29, 1.82) is 0 Å². The third-order valence-electron chi connectivity index (χ3n) is 4.35. The molecule has 140 valence electrons. The van der Waals surface area contributed by atoms with Crippen LogP contribution in [0.4, 0.5) is 8.78 Å². The molecule has 0 aliphatic carbocycles. The number of carbonyl (C=O) groups is 1. The molecule has 1 aromatic carbocycles. The number of halogens is 2. The van der Waals surface area contributed by atoms with E-state index in [0.29, 0.717) is 5.56 Å². The van der Waals surface area contributed by atoms with E-state index in [1.54, 1.807) is 6.92 Å². The van der Waals surface area contributed by atoms with Crippen LogP contribution in [-0.2, 0) is 14.1 Å². The first-order valence-corrected chi connectivity index (χ1v) is 8.02. The molecule has 0 radical (unpaired) electrons. The molecule has 1 atom stereocenters. The minimum atomic E-state index is -1.01. The highest BCUT2D eigenvalue weighted by Gasteiger charge is 2.16. The summed E-state index contributed by atoms with van der Waals surface area (Å²) in [6.07, 6.45) is 1.24. The van der Waals surface area contributed by atoms with E-state index in [9.17, 15) is 23.2 Å². The highest BCUT2D eigenvalue weighted by atomic mass is 19.2. The molecule has 1 N–H and O–H groups in total. The van der Waals surface area contributed by atoms with E-state index >= 15 is 0 Å². The maximum absolute atomic E-state index is 13.4. The van der Waals surface area contributed by atoms with Crippen LogP contribution in [0.25, 0.3) is 11.0 Å². The highest BCUT2D eigenvalue weighted by Crippen LogP contribution is 2.17. The lowest BCUT2D eigenvalue weighted by atomic mass is 10.1. The van der Waals surface area contributed by atoms with Gasteiger partial charge in [-0.05, 0) is 30.7 Å². The Kier molecular flexibility index (Phi) is 4.61. The van der Waals surface area contributed by atoms with Crippen LogP contribution >= 0.6 is 0 Å². The number of aromatic nitrogens is 3. The Morgan fingerprint density at radius 1 is 1.11 bits per heavy atom. The Bertz CT molecular complexity index is 1180. The monoisotopic (exact) mass is 374 g/mol. The second-order valence-corrected chi connectivity index (χ2v) is 6.17. The normalized spacial score (nSPS) is 12.2. The van der Waals surface area contributed by atoms with Crippen molar-refractivity contribution in [2.45, 2.75) is 13.0 Å². The fourth-order valence-corrected chi connectivity index (χ4v) is 2.73. The summed E-state index contributed by atoms with van der Waals surface area (Å²) in [5.41, 5.74) is -0.441. The Morgan fingerprint density at radius 3 is 2.48 bits per heavy atom. The van der Waals surface area contributed by atoms with E-state index in [4.69, 9.17) is 0 Å². The Morgan fingerprint density at radius 2 is 1.81 bits per heavy atom. The fraction of sp³-hybridized carbons (Fsp3) is 0.222. The van der Waals surface area contributed by atoms with Crippen LogP contribution in [-0.4, -0.2) is 20.0 Å². The molecule has 27 heavy (non-hydrogen) atoms. The number of hydrogen-bond acceptors (Lipinski definition) is 4. The van der Waals surface area contributed by atoms with Gasteiger partial charge >= 0.3 is 5.69 Å². The number of hydrogen-bond donors (Lipinski definition) is 1. The zero-order valence-electron chi connectivity index (χ0n) is 14.8. The van der Waals surface area contributed by atoms with Crippen LogP contribution < -0.4 is 16.6 Å². The number of rotatable bonds is 3. The summed E-state index contributed by atoms with van der Waals surface area (Å²) in [4.78, 5) is 40.7. The van der Waals surface area contributed by atoms with Gasteiger partial charge in [0.2, 0.25) is 0 Å². The summed E-state index contributed by atoms with van der Waals surface area (Å²) in [6.45, 7) is 1.61. The standard InChI is InChI=1S/C18H16F2N4O3/c1-9(10-4-5-13(19)14(20)7-10)22-16(25)11-6-12-15(21-8-11)23(2)18(27)24(3)17(12)26/h4-9H,1-3H3,(H,22,25). The van der Waals surface area contributed by atoms with Crippen molar-refractivity contribution >= 4 is 16.9 Å². The van der Waals surface area contributed by atoms with E-state index in [-0.39, 0.29) is 16.6 Å². The van der Waals surface area contributed by atoms with Crippen LogP contribution in [0.5, 0.6) is 0 Å². The van der Waals surface area contributed by atoms with Crippen LogP contribution in [0, 0.1) is 11.6 Å². The number of benzene rings is 1. The van der Waals surface area contributed by atoms with Crippen molar-refractivity contribution in [1.82, 2.24) is 19.4 Å². The average Bonchev–Trinajstić information content (AvgIpc) is 2.66. The third-order valence-corrected chi connectivity index (χ3v) is 4.35. The van der Waals surface area contributed by atoms with E-state index < -0.39 is 34.8 Å². The first-order chi connectivity index (χ1) is 12.7. The Balaban J connectivity index is 1.95. The summed E-state index contributed by atoms with van der Waals surface area (Å²) in [6, 6.07) is 4.09. The second-order valence-electron chi connectivity index (χ2n) is 6.17. The molecule has 7 nitrogen and oxygen atoms in total. The van der Waals surface area contributed by atoms with Crippen molar-refractivity contribution in [3.8, 4) is 0 Å². The molecule has 9 heteroatoms. The molecule has 0 aliphatic rings. The van der Waals surface area contributed by atoms with Gasteiger partial charge < -0.3 is 5.32 Å². The first kappa shape index (κ1) is 18.4. The maximum Gasteiger partial charge on any atom is 0.332 e. The average molecular weight is 374 g/mol. The molecule has 3 aromatic rings. The Hall–Kier alpha value is -3.36. The maximum atomic E-state index is 13.4. The van der Waals surface area contributed by atoms with Gasteiger partial charge in [-0.3, -0.25) is 18.7 Å². The number of pyridine rings is 1. The zero-order chi connectivity index (χ0) is 19.9. The van der Waals surface area contributed by atoms with Crippen molar-refractivity contribution < 1.29 is 13.6 Å². The number of nitrogens with zero attached hydrogens (tertiary/aromatic N) is 3. The lowest BCUT2D eigenvalue weighted by Gasteiger charge is -2.15. The van der Waals surface area contributed by atoms with Crippen molar-refractivity contribution in [3.63, 3.8) is 0 Å². The highest BCUT2D eigenvalue weighted by molar-refractivity contribution is 5.96. The van der Waals surface area contributed by atoms with Crippen LogP contribution in [0.1, 0.15) is 28.9 Å². The second kappa shape index (κ2) is 6.75. The van der Waals surface area contributed by atoms with Crippen molar-refractivity contribution in [2.75, 3.05) is 0 Å². The molecule has 1 unspecified atom stereocenters. The van der Waals surface area contributed by atoms with Crippen LogP contribution in [0.2, 0.25) is 0 Å². The Labute approximate surface area is 151 Å². The molecule has 0 fully saturated rings. The number of amides is 1. The summed E-state index contributed by atoms with van der Waals surface area (Å²) >= 11 is 0. The molecule has 0 aliphatic heterocycles. The SMILES string of the molecule is CC(NC(=O)c1cnc2c(c1)c(=O)n(C)c(=O)n2C)c1ccc(F)c(F)c1. The first-order valence-electron chi connectivity index (χ1n) is 8.02. The molecule has 2 aromatic heterocycles. The fourth-order valence-electron chi connectivity index (χ4n) is 2.73. The minimum Gasteiger partial charge on any atom is -0.345 e. The summed E-state index contributed by atoms with van der Waals surface area (Å²) in [7, 11) is 2.81. The molecule has 1 amide bonds. The number of fused-ring (bicyclic) bond motifs is 1. The van der Waals surface area contributed by atoms with Gasteiger partial charge in [-0.2, -0.15) is 0 Å². The molecule has 2 heterocycles. The lowest BCUT2D eigenvalue weighted by molar-refractivity contribution is 0.0939. The predicted molar refractivity (Wildman–Crippen MR) is 94.5 cm³/mol. The lowest BCUT2D eigenvalue weighted by Crippen LogP contribution is -2.37. The van der Waals surface area contributed by atoms with Gasteiger partial charge in [-0.25, -0.2) is 18.6 Å². The molecule has 0 spiro atoms. The van der Waals surface area contributed by atoms with E-state index in [1.807, 2.05) is 0 Å². The predicted octanol–water partition coefficient (Wildman–Crippen LogP) is 1.40.